The van der Waals surface area contributed by atoms with Crippen LogP contribution in [0.25, 0.3) is 6.08 Å². The van der Waals surface area contributed by atoms with Gasteiger partial charge >= 0.3 is 10.1 Å². The number of nitrogens with one attached hydrogen (secondary N) is 1. The van der Waals surface area contributed by atoms with E-state index in [-0.39, 0.29) is 32.6 Å². The molecule has 0 heterocycles. The lowest BCUT2D eigenvalue weighted by Gasteiger charge is -2.09. The normalized spacial score (nSPS) is 11.4. The second-order valence-corrected chi connectivity index (χ2v) is 8.86. The van der Waals surface area contributed by atoms with Crippen LogP contribution in [0.3, 0.4) is 0 Å². The van der Waals surface area contributed by atoms with E-state index in [4.69, 9.17) is 27.4 Å². The summed E-state index contributed by atoms with van der Waals surface area (Å²) >= 11 is 12.0. The van der Waals surface area contributed by atoms with Crippen molar-refractivity contribution in [2.24, 2.45) is 0 Å². The van der Waals surface area contributed by atoms with Crippen molar-refractivity contribution in [2.75, 3.05) is 5.32 Å². The first kappa shape index (κ1) is 24.7. The van der Waals surface area contributed by atoms with Gasteiger partial charge in [-0.15, -0.1) is 0 Å². The number of benzene rings is 3. The number of nitro benzene ring substituents is 1. The summed E-state index contributed by atoms with van der Waals surface area (Å²) in [6.45, 7) is 0. The lowest BCUT2D eigenvalue weighted by molar-refractivity contribution is -0.387. The van der Waals surface area contributed by atoms with E-state index in [9.17, 15) is 28.6 Å². The molecule has 0 aliphatic rings. The van der Waals surface area contributed by atoms with Gasteiger partial charge in [0.2, 0.25) is 0 Å². The number of nitrogens with zero attached hydrogens (tertiary/aromatic N) is 2. The number of rotatable bonds is 7. The highest BCUT2D eigenvalue weighted by Gasteiger charge is 2.27. The Morgan fingerprint density at radius 3 is 2.50 bits per heavy atom. The average Bonchev–Trinajstić information content (AvgIpc) is 2.80. The van der Waals surface area contributed by atoms with Gasteiger partial charge in [-0.05, 0) is 42.0 Å². The Morgan fingerprint density at radius 2 is 1.79 bits per heavy atom. The van der Waals surface area contributed by atoms with Crippen LogP contribution in [0.5, 0.6) is 5.75 Å². The van der Waals surface area contributed by atoms with Crippen LogP contribution in [-0.4, -0.2) is 19.2 Å². The molecule has 0 aromatic heterocycles. The van der Waals surface area contributed by atoms with Gasteiger partial charge in [0.25, 0.3) is 11.6 Å². The van der Waals surface area contributed by atoms with E-state index in [1.807, 2.05) is 0 Å². The first-order valence-corrected chi connectivity index (χ1v) is 11.4. The standard InChI is InChI=1S/C22H13Cl2N3O6S/c23-17-7-4-8-18(21(17)24)26-22(28)15(13-25)11-14-5-3-6-16(12-14)33-34(31,32)20-10-2-1-9-19(20)27(29)30/h1-12H,(H,26,28)/b15-11+. The van der Waals surface area contributed by atoms with Crippen LogP contribution in [0.2, 0.25) is 10.0 Å². The fraction of sp³-hybridized carbons (Fsp3) is 0. The third-order valence-corrected chi connectivity index (χ3v) is 6.39. The minimum Gasteiger partial charge on any atom is -0.379 e. The number of amides is 1. The van der Waals surface area contributed by atoms with Gasteiger partial charge < -0.3 is 9.50 Å². The zero-order valence-electron chi connectivity index (χ0n) is 16.9. The summed E-state index contributed by atoms with van der Waals surface area (Å²) in [6, 6.07) is 16.6. The first-order chi connectivity index (χ1) is 16.1. The molecule has 0 atom stereocenters. The summed E-state index contributed by atoms with van der Waals surface area (Å²) in [5.41, 5.74) is -0.483. The highest BCUT2D eigenvalue weighted by atomic mass is 35.5. The van der Waals surface area contributed by atoms with E-state index in [0.717, 1.165) is 12.1 Å². The number of carbonyl (C=O) groups excluding carboxylic acids is 1. The molecule has 0 fully saturated rings. The predicted molar refractivity (Wildman–Crippen MR) is 126 cm³/mol. The molecule has 3 aromatic rings. The lowest BCUT2D eigenvalue weighted by atomic mass is 10.1. The van der Waals surface area contributed by atoms with Gasteiger partial charge in [0, 0.05) is 6.07 Å². The van der Waals surface area contributed by atoms with Crippen molar-refractivity contribution in [1.82, 2.24) is 0 Å². The second kappa shape index (κ2) is 10.4. The fourth-order valence-electron chi connectivity index (χ4n) is 2.75. The number of para-hydroxylation sites is 1. The van der Waals surface area contributed by atoms with Crippen molar-refractivity contribution in [3.63, 3.8) is 0 Å². The quantitative estimate of drug-likeness (QED) is 0.149. The largest absolute Gasteiger partial charge is 0.379 e. The van der Waals surface area contributed by atoms with Crippen LogP contribution in [0.4, 0.5) is 11.4 Å². The Morgan fingerprint density at radius 1 is 1.09 bits per heavy atom. The molecule has 9 nitrogen and oxygen atoms in total. The van der Waals surface area contributed by atoms with Gasteiger partial charge in [-0.2, -0.15) is 13.7 Å². The molecule has 1 amide bonds. The smallest absolute Gasteiger partial charge is 0.346 e. The highest BCUT2D eigenvalue weighted by Crippen LogP contribution is 2.30. The molecule has 1 N–H and O–H groups in total. The van der Waals surface area contributed by atoms with Crippen molar-refractivity contribution < 1.29 is 22.3 Å². The highest BCUT2D eigenvalue weighted by molar-refractivity contribution is 7.87. The summed E-state index contributed by atoms with van der Waals surface area (Å²) in [4.78, 5) is 22.2. The zero-order valence-corrected chi connectivity index (χ0v) is 19.3. The number of nitro groups is 1. The Hall–Kier alpha value is -3.91. The van der Waals surface area contributed by atoms with Crippen LogP contribution in [0.1, 0.15) is 5.56 Å². The predicted octanol–water partition coefficient (Wildman–Crippen LogP) is 5.21. The van der Waals surface area contributed by atoms with Gasteiger partial charge in [-0.3, -0.25) is 14.9 Å². The molecular weight excluding hydrogens is 505 g/mol. The SMILES string of the molecule is N#C/C(=C\c1cccc(OS(=O)(=O)c2ccccc2[N+](=O)[O-])c1)C(=O)Nc1cccc(Cl)c1Cl. The van der Waals surface area contributed by atoms with E-state index < -0.39 is 31.5 Å². The Bertz CT molecular complexity index is 1470. The molecule has 3 rings (SSSR count). The third-order valence-electron chi connectivity index (χ3n) is 4.27. The molecule has 0 aliphatic carbocycles. The molecule has 34 heavy (non-hydrogen) atoms. The number of halogens is 2. The number of hydrogen-bond acceptors (Lipinski definition) is 7. The third kappa shape index (κ3) is 5.71. The van der Waals surface area contributed by atoms with Crippen LogP contribution < -0.4 is 9.50 Å². The molecule has 0 aliphatic heterocycles. The molecule has 0 spiro atoms. The van der Waals surface area contributed by atoms with Gasteiger partial charge in [-0.1, -0.05) is 53.5 Å². The van der Waals surface area contributed by atoms with E-state index >= 15 is 0 Å². The maximum atomic E-state index is 12.6. The average molecular weight is 518 g/mol. The molecule has 12 heteroatoms. The molecule has 0 saturated heterocycles. The molecule has 0 saturated carbocycles. The summed E-state index contributed by atoms with van der Waals surface area (Å²) in [5.74, 6) is -0.951. The van der Waals surface area contributed by atoms with Gasteiger partial charge in [-0.25, -0.2) is 0 Å². The number of anilines is 1. The minimum absolute atomic E-state index is 0.102. The second-order valence-electron chi connectivity index (χ2n) is 6.56. The van der Waals surface area contributed by atoms with Crippen molar-refractivity contribution >= 4 is 56.7 Å². The molecule has 3 aromatic carbocycles. The fourth-order valence-corrected chi connectivity index (χ4v) is 4.19. The van der Waals surface area contributed by atoms with Gasteiger partial charge in [0.05, 0.1) is 20.7 Å². The molecule has 0 bridgehead atoms. The van der Waals surface area contributed by atoms with Crippen LogP contribution in [0, 0.1) is 21.4 Å². The van der Waals surface area contributed by atoms with E-state index in [1.54, 1.807) is 12.1 Å². The maximum absolute atomic E-state index is 12.6. The summed E-state index contributed by atoms with van der Waals surface area (Å²) < 4.78 is 30.3. The number of carbonyl (C=O) groups is 1. The zero-order chi connectivity index (χ0) is 24.9. The first-order valence-electron chi connectivity index (χ1n) is 9.27. The summed E-state index contributed by atoms with van der Waals surface area (Å²) in [5, 5.41) is 23.4. The lowest BCUT2D eigenvalue weighted by Crippen LogP contribution is -2.14. The van der Waals surface area contributed by atoms with Gasteiger partial charge in [0.15, 0.2) is 4.90 Å². The Balaban J connectivity index is 1.87. The minimum atomic E-state index is -4.54. The van der Waals surface area contributed by atoms with E-state index in [1.165, 1.54) is 54.6 Å². The van der Waals surface area contributed by atoms with Crippen LogP contribution in [0.15, 0.2) is 77.2 Å². The molecule has 0 radical (unpaired) electrons. The summed E-state index contributed by atoms with van der Waals surface area (Å²) in [7, 11) is -4.54. The van der Waals surface area contributed by atoms with Gasteiger partial charge in [0.1, 0.15) is 17.4 Å². The number of hydrogen-bond donors (Lipinski definition) is 1. The monoisotopic (exact) mass is 517 g/mol. The van der Waals surface area contributed by atoms with Crippen LogP contribution in [-0.2, 0) is 14.9 Å². The topological polar surface area (TPSA) is 139 Å². The Labute approximate surface area is 204 Å². The van der Waals surface area contributed by atoms with Crippen molar-refractivity contribution in [2.45, 2.75) is 4.90 Å². The molecule has 0 unspecified atom stereocenters. The van der Waals surface area contributed by atoms with Crippen molar-refractivity contribution in [3.8, 4) is 11.8 Å². The van der Waals surface area contributed by atoms with E-state index in [2.05, 4.69) is 5.32 Å². The van der Waals surface area contributed by atoms with E-state index in [0.29, 0.717) is 0 Å². The summed E-state index contributed by atoms with van der Waals surface area (Å²) in [6.07, 6.45) is 1.21. The van der Waals surface area contributed by atoms with Crippen LogP contribution >= 0.6 is 23.2 Å². The molecule has 172 valence electrons. The molecular formula is C22H13Cl2N3O6S. The van der Waals surface area contributed by atoms with Crippen molar-refractivity contribution in [3.05, 3.63) is 98.0 Å². The number of nitriles is 1. The van der Waals surface area contributed by atoms with Crippen molar-refractivity contribution in [1.29, 1.82) is 5.26 Å². The maximum Gasteiger partial charge on any atom is 0.346 e. The Kier molecular flexibility index (Phi) is 7.53.